The first-order chi connectivity index (χ1) is 15.1. The zero-order chi connectivity index (χ0) is 23.5. The molecule has 0 bridgehead atoms. The fraction of sp³-hybridized carbons (Fsp3) is 0.286. The van der Waals surface area contributed by atoms with E-state index < -0.39 is 15.3 Å². The van der Waals surface area contributed by atoms with Gasteiger partial charge in [-0.1, -0.05) is 23.9 Å². The number of primary sulfonamides is 1. The Morgan fingerprint density at radius 2 is 1.84 bits per heavy atom. The Morgan fingerprint density at radius 1 is 1.19 bits per heavy atom. The molecule has 0 saturated heterocycles. The molecule has 2 atom stereocenters. The van der Waals surface area contributed by atoms with Gasteiger partial charge in [0.15, 0.2) is 5.16 Å². The van der Waals surface area contributed by atoms with Crippen LogP contribution in [0.1, 0.15) is 19.9 Å². The van der Waals surface area contributed by atoms with Gasteiger partial charge >= 0.3 is 0 Å². The van der Waals surface area contributed by atoms with Crippen molar-refractivity contribution in [3.05, 3.63) is 58.9 Å². The van der Waals surface area contributed by atoms with Crippen LogP contribution in [0.15, 0.2) is 63.4 Å². The summed E-state index contributed by atoms with van der Waals surface area (Å²) in [6.45, 7) is 3.86. The van der Waals surface area contributed by atoms with Gasteiger partial charge in [0.05, 0.1) is 33.7 Å². The van der Waals surface area contributed by atoms with Crippen molar-refractivity contribution >= 4 is 44.3 Å². The maximum Gasteiger partial charge on any atom is 0.262 e. The highest BCUT2D eigenvalue weighted by Crippen LogP contribution is 2.26. The third kappa shape index (κ3) is 5.36. The standard InChI is InChI=1S/C21H24N4O5S2/c1-13(12-30-3)25-20(27)17-6-4-5-7-18(17)24-21(25)31-14(2)19(26)23-15-8-10-16(11-9-15)32(22,28)29/h4-11,13-14H,12H2,1-3H3,(H,23,26)(H2,22,28,29)/t13-,14-/m1/s1. The van der Waals surface area contributed by atoms with Gasteiger partial charge < -0.3 is 10.1 Å². The number of aromatic nitrogens is 2. The van der Waals surface area contributed by atoms with E-state index in [2.05, 4.69) is 10.3 Å². The van der Waals surface area contributed by atoms with Crippen molar-refractivity contribution in [1.29, 1.82) is 0 Å². The average molecular weight is 477 g/mol. The van der Waals surface area contributed by atoms with Gasteiger partial charge in [0.1, 0.15) is 0 Å². The molecule has 0 aliphatic carbocycles. The molecule has 3 rings (SSSR count). The number of amides is 1. The number of benzene rings is 2. The molecule has 1 amide bonds. The smallest absolute Gasteiger partial charge is 0.262 e. The summed E-state index contributed by atoms with van der Waals surface area (Å²) in [6, 6.07) is 12.3. The Kier molecular flexibility index (Phi) is 7.34. The lowest BCUT2D eigenvalue weighted by atomic mass is 10.2. The maximum atomic E-state index is 13.1. The highest BCUT2D eigenvalue weighted by molar-refractivity contribution is 8.00. The number of thioether (sulfide) groups is 1. The molecule has 0 saturated carbocycles. The van der Waals surface area contributed by atoms with Gasteiger partial charge in [0.25, 0.3) is 5.56 Å². The van der Waals surface area contributed by atoms with Gasteiger partial charge in [0.2, 0.25) is 15.9 Å². The number of para-hydroxylation sites is 1. The molecule has 1 aromatic heterocycles. The average Bonchev–Trinajstić information content (AvgIpc) is 2.73. The molecule has 0 aliphatic rings. The predicted octanol–water partition coefficient (Wildman–Crippen LogP) is 2.37. The second-order valence-corrected chi connectivity index (χ2v) is 10.1. The van der Waals surface area contributed by atoms with E-state index in [1.165, 1.54) is 24.3 Å². The topological polar surface area (TPSA) is 133 Å². The summed E-state index contributed by atoms with van der Waals surface area (Å²) in [5, 5.41) is 8.13. The van der Waals surface area contributed by atoms with E-state index in [0.29, 0.717) is 28.4 Å². The van der Waals surface area contributed by atoms with Crippen LogP contribution in [0, 0.1) is 0 Å². The zero-order valence-corrected chi connectivity index (χ0v) is 19.4. The summed E-state index contributed by atoms with van der Waals surface area (Å²) in [5.74, 6) is -0.327. The first kappa shape index (κ1) is 23.9. The summed E-state index contributed by atoms with van der Waals surface area (Å²) in [7, 11) is -2.26. The number of rotatable bonds is 8. The highest BCUT2D eigenvalue weighted by atomic mass is 32.2. The van der Waals surface area contributed by atoms with Crippen LogP contribution in [0.25, 0.3) is 10.9 Å². The summed E-state index contributed by atoms with van der Waals surface area (Å²) in [4.78, 5) is 30.4. The molecular weight excluding hydrogens is 452 g/mol. The van der Waals surface area contributed by atoms with Crippen molar-refractivity contribution in [2.24, 2.45) is 5.14 Å². The molecule has 9 nitrogen and oxygen atoms in total. The number of nitrogens with one attached hydrogen (secondary N) is 1. The minimum absolute atomic E-state index is 0.0468. The van der Waals surface area contributed by atoms with Crippen LogP contribution < -0.4 is 16.0 Å². The maximum absolute atomic E-state index is 13.1. The zero-order valence-electron chi connectivity index (χ0n) is 17.8. The second kappa shape index (κ2) is 9.82. The molecule has 0 spiro atoms. The van der Waals surface area contributed by atoms with Crippen LogP contribution in [-0.2, 0) is 19.6 Å². The van der Waals surface area contributed by atoms with Gasteiger partial charge in [-0.25, -0.2) is 18.5 Å². The number of anilines is 1. The Labute approximate surface area is 190 Å². The van der Waals surface area contributed by atoms with Crippen LogP contribution in [-0.4, -0.2) is 42.8 Å². The molecule has 3 N–H and O–H groups in total. The van der Waals surface area contributed by atoms with Crippen LogP contribution in [0.4, 0.5) is 5.69 Å². The number of carbonyl (C=O) groups excluding carboxylic acids is 1. The third-order valence-corrected chi connectivity index (χ3v) is 6.72. The number of carbonyl (C=O) groups is 1. The van der Waals surface area contributed by atoms with Gasteiger partial charge in [-0.05, 0) is 50.2 Å². The van der Waals surface area contributed by atoms with E-state index in [-0.39, 0.29) is 22.4 Å². The number of nitrogens with zero attached hydrogens (tertiary/aromatic N) is 2. The van der Waals surface area contributed by atoms with Gasteiger partial charge in [0, 0.05) is 12.8 Å². The third-order valence-electron chi connectivity index (χ3n) is 4.73. The van der Waals surface area contributed by atoms with Crippen molar-refractivity contribution in [3.63, 3.8) is 0 Å². The molecule has 170 valence electrons. The van der Waals surface area contributed by atoms with Crippen LogP contribution in [0.3, 0.4) is 0 Å². The molecule has 11 heteroatoms. The first-order valence-corrected chi connectivity index (χ1v) is 12.1. The Hall–Kier alpha value is -2.73. The Balaban J connectivity index is 1.86. The van der Waals surface area contributed by atoms with Crippen molar-refractivity contribution in [1.82, 2.24) is 9.55 Å². The lowest BCUT2D eigenvalue weighted by Crippen LogP contribution is -2.30. The number of ether oxygens (including phenoxy) is 1. The SMILES string of the molecule is COC[C@@H](C)n1c(S[C@H](C)C(=O)Nc2ccc(S(N)(=O)=O)cc2)nc2ccccc2c1=O. The molecule has 1 heterocycles. The van der Waals surface area contributed by atoms with Crippen molar-refractivity contribution in [2.45, 2.75) is 35.2 Å². The summed E-state index contributed by atoms with van der Waals surface area (Å²) < 4.78 is 29.5. The first-order valence-electron chi connectivity index (χ1n) is 9.72. The number of methoxy groups -OCH3 is 1. The molecule has 3 aromatic rings. The molecule has 32 heavy (non-hydrogen) atoms. The number of hydrogen-bond acceptors (Lipinski definition) is 7. The van der Waals surface area contributed by atoms with Crippen molar-refractivity contribution < 1.29 is 17.9 Å². The van der Waals surface area contributed by atoms with E-state index in [1.54, 1.807) is 42.9 Å². The van der Waals surface area contributed by atoms with Gasteiger partial charge in [-0.15, -0.1) is 0 Å². The second-order valence-electron chi connectivity index (χ2n) is 7.21. The van der Waals surface area contributed by atoms with Gasteiger partial charge in [-0.2, -0.15) is 0 Å². The largest absolute Gasteiger partial charge is 0.383 e. The van der Waals surface area contributed by atoms with E-state index in [0.717, 1.165) is 11.8 Å². The van der Waals surface area contributed by atoms with E-state index in [9.17, 15) is 18.0 Å². The number of sulfonamides is 1. The van der Waals surface area contributed by atoms with Crippen molar-refractivity contribution in [2.75, 3.05) is 19.0 Å². The lowest BCUT2D eigenvalue weighted by molar-refractivity contribution is -0.115. The lowest BCUT2D eigenvalue weighted by Gasteiger charge is -2.20. The summed E-state index contributed by atoms with van der Waals surface area (Å²) >= 11 is 1.16. The number of hydrogen-bond donors (Lipinski definition) is 2. The number of nitrogens with two attached hydrogens (primary N) is 1. The fourth-order valence-corrected chi connectivity index (χ4v) is 4.62. The van der Waals surface area contributed by atoms with E-state index >= 15 is 0 Å². The molecular formula is C21H24N4O5S2. The quantitative estimate of drug-likeness (QED) is 0.377. The van der Waals surface area contributed by atoms with Crippen LogP contribution in [0.2, 0.25) is 0 Å². The molecule has 0 unspecified atom stereocenters. The molecule has 0 fully saturated rings. The summed E-state index contributed by atoms with van der Waals surface area (Å²) in [5.41, 5.74) is 0.771. The number of fused-ring (bicyclic) bond motifs is 1. The normalized spacial score (nSPS) is 13.6. The van der Waals surface area contributed by atoms with Gasteiger partial charge in [-0.3, -0.25) is 14.2 Å². The minimum Gasteiger partial charge on any atom is -0.383 e. The van der Waals surface area contributed by atoms with E-state index in [4.69, 9.17) is 9.88 Å². The highest BCUT2D eigenvalue weighted by Gasteiger charge is 2.22. The fourth-order valence-electron chi connectivity index (χ4n) is 3.10. The van der Waals surface area contributed by atoms with Crippen LogP contribution >= 0.6 is 11.8 Å². The molecule has 0 aliphatic heterocycles. The monoisotopic (exact) mass is 476 g/mol. The van der Waals surface area contributed by atoms with Crippen LogP contribution in [0.5, 0.6) is 0 Å². The molecule has 2 aromatic carbocycles. The predicted molar refractivity (Wildman–Crippen MR) is 124 cm³/mol. The summed E-state index contributed by atoms with van der Waals surface area (Å²) in [6.07, 6.45) is 0. The van der Waals surface area contributed by atoms with E-state index in [1.807, 2.05) is 6.92 Å². The van der Waals surface area contributed by atoms with Crippen molar-refractivity contribution in [3.8, 4) is 0 Å². The minimum atomic E-state index is -3.81. The Morgan fingerprint density at radius 3 is 2.47 bits per heavy atom. The Bertz CT molecular complexity index is 1290. The molecule has 0 radical (unpaired) electrons.